The molecule has 2 unspecified atom stereocenters. The Balaban J connectivity index is 1.78. The Labute approximate surface area is 160 Å². The molecule has 3 heterocycles. The van der Waals surface area contributed by atoms with Crippen LogP contribution in [0.2, 0.25) is 0 Å². The van der Waals surface area contributed by atoms with E-state index in [4.69, 9.17) is 4.74 Å². The topological polar surface area (TPSA) is 56.1 Å². The number of morpholine rings is 1. The molecule has 0 spiro atoms. The molecule has 148 valence electrons. The second kappa shape index (κ2) is 7.05. The Bertz CT molecular complexity index is 982. The van der Waals surface area contributed by atoms with E-state index in [9.17, 15) is 13.2 Å². The first-order valence-electron chi connectivity index (χ1n) is 9.14. The van der Waals surface area contributed by atoms with Crippen molar-refractivity contribution in [1.82, 2.24) is 19.7 Å². The summed E-state index contributed by atoms with van der Waals surface area (Å²) in [5, 5.41) is 9.52. The summed E-state index contributed by atoms with van der Waals surface area (Å²) in [6.45, 7) is 4.24. The SMILES string of the molecule is CCn1c(-c2cccc3cccnc23)nnc1N1CCOC(C(F)(F)F)C1C. The van der Waals surface area contributed by atoms with E-state index in [-0.39, 0.29) is 6.61 Å². The number of hydrogen-bond acceptors (Lipinski definition) is 5. The molecule has 0 amide bonds. The number of anilines is 1. The van der Waals surface area contributed by atoms with Crippen molar-refractivity contribution < 1.29 is 17.9 Å². The van der Waals surface area contributed by atoms with Crippen molar-refractivity contribution in [1.29, 1.82) is 0 Å². The first kappa shape index (κ1) is 18.7. The number of aromatic nitrogens is 4. The van der Waals surface area contributed by atoms with Crippen LogP contribution in [0.25, 0.3) is 22.3 Å². The van der Waals surface area contributed by atoms with Gasteiger partial charge >= 0.3 is 6.18 Å². The summed E-state index contributed by atoms with van der Waals surface area (Å²) in [5.74, 6) is 1.000. The van der Waals surface area contributed by atoms with E-state index in [0.717, 1.165) is 16.5 Å². The van der Waals surface area contributed by atoms with E-state index in [0.29, 0.717) is 24.9 Å². The summed E-state index contributed by atoms with van der Waals surface area (Å²) in [6.07, 6.45) is -4.58. The standard InChI is InChI=1S/C19H20F3N5O/c1-3-26-17(14-8-4-6-13-7-5-9-23-15(13)14)24-25-18(26)27-10-11-28-16(12(27)2)19(20,21)22/h4-9,12,16H,3,10-11H2,1-2H3. The van der Waals surface area contributed by atoms with Gasteiger partial charge in [-0.2, -0.15) is 13.2 Å². The summed E-state index contributed by atoms with van der Waals surface area (Å²) >= 11 is 0. The van der Waals surface area contributed by atoms with Crippen LogP contribution in [0.4, 0.5) is 19.1 Å². The Kier molecular flexibility index (Phi) is 4.70. The van der Waals surface area contributed by atoms with Crippen molar-refractivity contribution >= 4 is 16.9 Å². The first-order valence-corrected chi connectivity index (χ1v) is 9.14. The third-order valence-electron chi connectivity index (χ3n) is 5.06. The normalized spacial score (nSPS) is 20.7. The van der Waals surface area contributed by atoms with E-state index < -0.39 is 18.3 Å². The zero-order valence-corrected chi connectivity index (χ0v) is 15.5. The molecule has 1 aliphatic rings. The molecule has 1 aliphatic heterocycles. The summed E-state index contributed by atoms with van der Waals surface area (Å²) in [7, 11) is 0. The number of para-hydroxylation sites is 1. The number of rotatable bonds is 3. The second-order valence-electron chi connectivity index (χ2n) is 6.72. The zero-order chi connectivity index (χ0) is 19.9. The van der Waals surface area contributed by atoms with Crippen LogP contribution >= 0.6 is 0 Å². The Morgan fingerprint density at radius 1 is 1.18 bits per heavy atom. The van der Waals surface area contributed by atoms with Crippen LogP contribution in [0.5, 0.6) is 0 Å². The van der Waals surface area contributed by atoms with E-state index in [1.165, 1.54) is 6.92 Å². The minimum Gasteiger partial charge on any atom is -0.365 e. The number of fused-ring (bicyclic) bond motifs is 1. The zero-order valence-electron chi connectivity index (χ0n) is 15.5. The average Bonchev–Trinajstić information content (AvgIpc) is 3.10. The van der Waals surface area contributed by atoms with Gasteiger partial charge in [0, 0.05) is 30.2 Å². The number of pyridine rings is 1. The number of ether oxygens (including phenoxy) is 1. The maximum Gasteiger partial charge on any atom is 0.416 e. The van der Waals surface area contributed by atoms with Gasteiger partial charge in [-0.25, -0.2) is 0 Å². The second-order valence-corrected chi connectivity index (χ2v) is 6.72. The molecule has 9 heteroatoms. The highest BCUT2D eigenvalue weighted by molar-refractivity contribution is 5.91. The molecule has 28 heavy (non-hydrogen) atoms. The maximum absolute atomic E-state index is 13.3. The predicted molar refractivity (Wildman–Crippen MR) is 99.0 cm³/mol. The molecule has 2 atom stereocenters. The number of alkyl halides is 3. The van der Waals surface area contributed by atoms with Gasteiger partial charge in [-0.05, 0) is 26.0 Å². The van der Waals surface area contributed by atoms with Crippen LogP contribution in [0.15, 0.2) is 36.5 Å². The van der Waals surface area contributed by atoms with Gasteiger partial charge < -0.3 is 9.64 Å². The summed E-state index contributed by atoms with van der Waals surface area (Å²) in [4.78, 5) is 6.08. The van der Waals surface area contributed by atoms with Crippen LogP contribution in [-0.4, -0.2) is 51.2 Å². The molecular weight excluding hydrogens is 371 g/mol. The predicted octanol–water partition coefficient (Wildman–Crippen LogP) is 3.67. The molecule has 2 aromatic heterocycles. The van der Waals surface area contributed by atoms with E-state index in [2.05, 4.69) is 15.2 Å². The van der Waals surface area contributed by atoms with Gasteiger partial charge in [0.1, 0.15) is 0 Å². The lowest BCUT2D eigenvalue weighted by Gasteiger charge is -2.40. The quantitative estimate of drug-likeness (QED) is 0.682. The molecule has 0 saturated carbocycles. The summed E-state index contributed by atoms with van der Waals surface area (Å²) < 4.78 is 46.7. The van der Waals surface area contributed by atoms with Crippen LogP contribution in [0, 0.1) is 0 Å². The van der Waals surface area contributed by atoms with Gasteiger partial charge in [-0.1, -0.05) is 18.2 Å². The third kappa shape index (κ3) is 3.09. The van der Waals surface area contributed by atoms with Crippen LogP contribution in [0.3, 0.4) is 0 Å². The first-order chi connectivity index (χ1) is 13.4. The van der Waals surface area contributed by atoms with Gasteiger partial charge in [0.15, 0.2) is 11.9 Å². The highest BCUT2D eigenvalue weighted by Crippen LogP contribution is 2.34. The van der Waals surface area contributed by atoms with Crippen molar-refractivity contribution in [3.8, 4) is 11.4 Å². The molecule has 0 bridgehead atoms. The lowest BCUT2D eigenvalue weighted by atomic mass is 10.1. The number of hydrogen-bond donors (Lipinski definition) is 0. The monoisotopic (exact) mass is 391 g/mol. The van der Waals surface area contributed by atoms with Gasteiger partial charge in [0.05, 0.1) is 18.2 Å². The number of benzene rings is 1. The van der Waals surface area contributed by atoms with E-state index in [1.54, 1.807) is 11.1 Å². The highest BCUT2D eigenvalue weighted by atomic mass is 19.4. The molecule has 0 radical (unpaired) electrons. The number of halogens is 3. The highest BCUT2D eigenvalue weighted by Gasteiger charge is 2.48. The molecule has 6 nitrogen and oxygen atoms in total. The molecule has 0 aliphatic carbocycles. The van der Waals surface area contributed by atoms with Crippen LogP contribution in [0.1, 0.15) is 13.8 Å². The van der Waals surface area contributed by atoms with Gasteiger partial charge in [0.25, 0.3) is 0 Å². The molecule has 0 N–H and O–H groups in total. The largest absolute Gasteiger partial charge is 0.416 e. The molecule has 1 saturated heterocycles. The van der Waals surface area contributed by atoms with Crippen molar-refractivity contribution in [2.24, 2.45) is 0 Å². The lowest BCUT2D eigenvalue weighted by molar-refractivity contribution is -0.231. The van der Waals surface area contributed by atoms with E-state index in [1.807, 2.05) is 41.8 Å². The van der Waals surface area contributed by atoms with Crippen molar-refractivity contribution in [3.63, 3.8) is 0 Å². The Morgan fingerprint density at radius 2 is 1.96 bits per heavy atom. The van der Waals surface area contributed by atoms with Crippen LogP contribution in [-0.2, 0) is 11.3 Å². The molecule has 3 aromatic rings. The van der Waals surface area contributed by atoms with Crippen LogP contribution < -0.4 is 4.90 Å². The molecule has 4 rings (SSSR count). The minimum atomic E-state index is -4.43. The van der Waals surface area contributed by atoms with Crippen molar-refractivity contribution in [2.75, 3.05) is 18.1 Å². The minimum absolute atomic E-state index is 0.0176. The molecule has 1 aromatic carbocycles. The van der Waals surface area contributed by atoms with Crippen molar-refractivity contribution in [2.45, 2.75) is 38.7 Å². The fourth-order valence-corrected chi connectivity index (χ4v) is 3.72. The van der Waals surface area contributed by atoms with Gasteiger partial charge in [0.2, 0.25) is 5.95 Å². The van der Waals surface area contributed by atoms with Crippen molar-refractivity contribution in [3.05, 3.63) is 36.5 Å². The maximum atomic E-state index is 13.3. The molecular formula is C19H20F3N5O. The fraction of sp³-hybridized carbons (Fsp3) is 0.421. The Hall–Kier alpha value is -2.68. The average molecular weight is 391 g/mol. The number of nitrogens with zero attached hydrogens (tertiary/aromatic N) is 5. The lowest BCUT2D eigenvalue weighted by Crippen LogP contribution is -2.56. The van der Waals surface area contributed by atoms with E-state index >= 15 is 0 Å². The Morgan fingerprint density at radius 3 is 2.71 bits per heavy atom. The summed E-state index contributed by atoms with van der Waals surface area (Å²) in [6, 6.07) is 8.67. The molecule has 1 fully saturated rings. The van der Waals surface area contributed by atoms with Gasteiger partial charge in [-0.3, -0.25) is 9.55 Å². The smallest absolute Gasteiger partial charge is 0.365 e. The summed E-state index contributed by atoms with van der Waals surface area (Å²) in [5.41, 5.74) is 1.58. The third-order valence-corrected chi connectivity index (χ3v) is 5.06. The van der Waals surface area contributed by atoms with Gasteiger partial charge in [-0.15, -0.1) is 10.2 Å². The fourth-order valence-electron chi connectivity index (χ4n) is 3.72.